The molecule has 0 fully saturated rings. The Morgan fingerprint density at radius 3 is 2.92 bits per heavy atom. The highest BCUT2D eigenvalue weighted by atomic mass is 32.2. The quantitative estimate of drug-likeness (QED) is 0.541. The van der Waals surface area contributed by atoms with Gasteiger partial charge in [-0.05, 0) is 31.2 Å². The number of rotatable bonds is 3. The van der Waals surface area contributed by atoms with Crippen LogP contribution in [0.5, 0.6) is 0 Å². The molecule has 13 heavy (non-hydrogen) atoms. The van der Waals surface area contributed by atoms with Crippen molar-refractivity contribution in [3.8, 4) is 11.8 Å². The van der Waals surface area contributed by atoms with Crippen LogP contribution in [0.15, 0.2) is 5.16 Å². The standard InChI is InChI=1S/C8H12N4S/c1-4-5-6-13-8-9-10-11-12(8)7(2)3/h7H,6H2,1-3H3. The van der Waals surface area contributed by atoms with Gasteiger partial charge in [0.1, 0.15) is 0 Å². The van der Waals surface area contributed by atoms with E-state index in [9.17, 15) is 0 Å². The Hall–Kier alpha value is -1.02. The third kappa shape index (κ3) is 2.74. The zero-order valence-electron chi connectivity index (χ0n) is 7.98. The summed E-state index contributed by atoms with van der Waals surface area (Å²) in [4.78, 5) is 0. The molecule has 5 heteroatoms. The first-order valence-electron chi connectivity index (χ1n) is 4.06. The van der Waals surface area contributed by atoms with Crippen LogP contribution < -0.4 is 0 Å². The van der Waals surface area contributed by atoms with E-state index in [1.165, 1.54) is 0 Å². The summed E-state index contributed by atoms with van der Waals surface area (Å²) >= 11 is 1.56. The van der Waals surface area contributed by atoms with Crippen molar-refractivity contribution in [3.05, 3.63) is 0 Å². The van der Waals surface area contributed by atoms with Crippen molar-refractivity contribution in [1.82, 2.24) is 20.2 Å². The van der Waals surface area contributed by atoms with Gasteiger partial charge in [0.05, 0.1) is 11.8 Å². The summed E-state index contributed by atoms with van der Waals surface area (Å²) in [6.07, 6.45) is 0. The zero-order valence-corrected chi connectivity index (χ0v) is 8.80. The molecule has 70 valence electrons. The van der Waals surface area contributed by atoms with Crippen LogP contribution in [0.1, 0.15) is 26.8 Å². The molecule has 0 atom stereocenters. The number of hydrogen-bond donors (Lipinski definition) is 0. The van der Waals surface area contributed by atoms with Gasteiger partial charge in [0.25, 0.3) is 0 Å². The minimum atomic E-state index is 0.298. The Morgan fingerprint density at radius 2 is 2.31 bits per heavy atom. The first-order chi connectivity index (χ1) is 6.25. The first-order valence-corrected chi connectivity index (χ1v) is 5.04. The maximum atomic E-state index is 3.91. The number of thioether (sulfide) groups is 1. The van der Waals surface area contributed by atoms with Crippen LogP contribution in [0.2, 0.25) is 0 Å². The van der Waals surface area contributed by atoms with Crippen molar-refractivity contribution < 1.29 is 0 Å². The molecule has 1 aromatic rings. The molecule has 0 bridgehead atoms. The van der Waals surface area contributed by atoms with Gasteiger partial charge in [-0.25, -0.2) is 4.68 Å². The predicted octanol–water partition coefficient (Wildman–Crippen LogP) is 1.37. The molecule has 0 saturated carbocycles. The van der Waals surface area contributed by atoms with Crippen LogP contribution in [0.3, 0.4) is 0 Å². The largest absolute Gasteiger partial charge is 0.218 e. The second-order valence-corrected chi connectivity index (χ2v) is 3.66. The average Bonchev–Trinajstić information content (AvgIpc) is 2.53. The van der Waals surface area contributed by atoms with E-state index in [0.29, 0.717) is 6.04 Å². The molecule has 1 heterocycles. The molecule has 0 aliphatic carbocycles. The number of hydrogen-bond acceptors (Lipinski definition) is 4. The fourth-order valence-corrected chi connectivity index (χ4v) is 1.60. The van der Waals surface area contributed by atoms with E-state index < -0.39 is 0 Å². The Bertz CT molecular complexity index is 320. The second kappa shape index (κ2) is 4.87. The minimum absolute atomic E-state index is 0.298. The smallest absolute Gasteiger partial charge is 0.210 e. The minimum Gasteiger partial charge on any atom is -0.218 e. The van der Waals surface area contributed by atoms with E-state index in [2.05, 4.69) is 27.4 Å². The molecule has 1 rings (SSSR count). The third-order valence-electron chi connectivity index (χ3n) is 1.40. The van der Waals surface area contributed by atoms with Crippen LogP contribution in [-0.4, -0.2) is 26.0 Å². The first kappa shape index (κ1) is 10.1. The van der Waals surface area contributed by atoms with Crippen LogP contribution in [0, 0.1) is 11.8 Å². The predicted molar refractivity (Wildman–Crippen MR) is 52.4 cm³/mol. The Labute approximate surface area is 82.1 Å². The van der Waals surface area contributed by atoms with Gasteiger partial charge in [0.15, 0.2) is 0 Å². The monoisotopic (exact) mass is 196 g/mol. The molecule has 1 aromatic heterocycles. The Kier molecular flexibility index (Phi) is 3.77. The Morgan fingerprint density at radius 1 is 1.54 bits per heavy atom. The lowest BCUT2D eigenvalue weighted by Crippen LogP contribution is -2.04. The van der Waals surface area contributed by atoms with Gasteiger partial charge in [0.2, 0.25) is 5.16 Å². The summed E-state index contributed by atoms with van der Waals surface area (Å²) < 4.78 is 1.79. The molecule has 0 spiro atoms. The SMILES string of the molecule is CC#CCSc1nnnn1C(C)C. The van der Waals surface area contributed by atoms with Crippen LogP contribution in [0.25, 0.3) is 0 Å². The third-order valence-corrected chi connectivity index (χ3v) is 2.22. The van der Waals surface area contributed by atoms with Crippen molar-refractivity contribution >= 4 is 11.8 Å². The van der Waals surface area contributed by atoms with Crippen molar-refractivity contribution in [2.75, 3.05) is 5.75 Å². The van der Waals surface area contributed by atoms with Crippen LogP contribution in [0.4, 0.5) is 0 Å². The van der Waals surface area contributed by atoms with Gasteiger partial charge in [-0.1, -0.05) is 17.7 Å². The lowest BCUT2D eigenvalue weighted by atomic mass is 10.4. The van der Waals surface area contributed by atoms with Crippen LogP contribution in [-0.2, 0) is 0 Å². The summed E-state index contributed by atoms with van der Waals surface area (Å²) in [6, 6.07) is 0.298. The molecular formula is C8H12N4S. The molecular weight excluding hydrogens is 184 g/mol. The highest BCUT2D eigenvalue weighted by molar-refractivity contribution is 7.99. The molecule has 4 nitrogen and oxygen atoms in total. The van der Waals surface area contributed by atoms with Gasteiger partial charge in [0, 0.05) is 0 Å². The van der Waals surface area contributed by atoms with Gasteiger partial charge >= 0.3 is 0 Å². The molecule has 0 aliphatic rings. The molecule has 0 N–H and O–H groups in total. The topological polar surface area (TPSA) is 43.6 Å². The Balaban J connectivity index is 2.63. The van der Waals surface area contributed by atoms with E-state index in [1.807, 2.05) is 20.8 Å². The maximum absolute atomic E-state index is 3.91. The molecule has 0 amide bonds. The summed E-state index contributed by atoms with van der Waals surface area (Å²) in [5, 5.41) is 12.2. The molecule has 0 aliphatic heterocycles. The van der Waals surface area contributed by atoms with Crippen molar-refractivity contribution in [2.45, 2.75) is 32.0 Å². The van der Waals surface area contributed by atoms with Crippen LogP contribution >= 0.6 is 11.8 Å². The number of aromatic nitrogens is 4. The maximum Gasteiger partial charge on any atom is 0.210 e. The zero-order chi connectivity index (χ0) is 9.68. The van der Waals surface area contributed by atoms with Crippen molar-refractivity contribution in [1.29, 1.82) is 0 Å². The van der Waals surface area contributed by atoms with E-state index in [4.69, 9.17) is 0 Å². The fourth-order valence-electron chi connectivity index (χ4n) is 0.777. The fraction of sp³-hybridized carbons (Fsp3) is 0.625. The van der Waals surface area contributed by atoms with Crippen molar-refractivity contribution in [3.63, 3.8) is 0 Å². The normalized spacial score (nSPS) is 9.85. The van der Waals surface area contributed by atoms with Gasteiger partial charge < -0.3 is 0 Å². The van der Waals surface area contributed by atoms with E-state index >= 15 is 0 Å². The lowest BCUT2D eigenvalue weighted by molar-refractivity contribution is 0.477. The highest BCUT2D eigenvalue weighted by Gasteiger charge is 2.07. The van der Waals surface area contributed by atoms with E-state index in [1.54, 1.807) is 16.4 Å². The molecule has 0 unspecified atom stereocenters. The summed E-state index contributed by atoms with van der Waals surface area (Å²) in [6.45, 7) is 5.92. The average molecular weight is 196 g/mol. The molecule has 0 aromatic carbocycles. The van der Waals surface area contributed by atoms with Gasteiger partial charge in [-0.2, -0.15) is 0 Å². The summed E-state index contributed by atoms with van der Waals surface area (Å²) in [5.74, 6) is 6.53. The van der Waals surface area contributed by atoms with Gasteiger partial charge in [-0.15, -0.1) is 11.0 Å². The summed E-state index contributed by atoms with van der Waals surface area (Å²) in [7, 11) is 0. The van der Waals surface area contributed by atoms with Crippen molar-refractivity contribution in [2.24, 2.45) is 0 Å². The van der Waals surface area contributed by atoms with E-state index in [-0.39, 0.29) is 0 Å². The van der Waals surface area contributed by atoms with E-state index in [0.717, 1.165) is 10.9 Å². The second-order valence-electron chi connectivity index (χ2n) is 2.72. The van der Waals surface area contributed by atoms with Gasteiger partial charge in [-0.3, -0.25) is 0 Å². The number of tetrazole rings is 1. The molecule has 0 saturated heterocycles. The lowest BCUT2D eigenvalue weighted by Gasteiger charge is -2.04. The molecule has 0 radical (unpaired) electrons. The number of nitrogens with zero attached hydrogens (tertiary/aromatic N) is 4. The highest BCUT2D eigenvalue weighted by Crippen LogP contribution is 2.16. The summed E-state index contributed by atoms with van der Waals surface area (Å²) in [5.41, 5.74) is 0.